The summed E-state index contributed by atoms with van der Waals surface area (Å²) in [5.74, 6) is 1.82. The maximum atomic E-state index is 12.8. The first-order valence-corrected chi connectivity index (χ1v) is 9.73. The third kappa shape index (κ3) is 4.80. The number of rotatable bonds is 8. The number of ether oxygens (including phenoxy) is 3. The van der Waals surface area contributed by atoms with Gasteiger partial charge >= 0.3 is 0 Å². The molecule has 3 rings (SSSR count). The molecule has 0 aliphatic rings. The van der Waals surface area contributed by atoms with Gasteiger partial charge in [0.2, 0.25) is 0 Å². The van der Waals surface area contributed by atoms with Crippen LogP contribution in [-0.2, 0) is 4.79 Å². The zero-order chi connectivity index (χ0) is 20.8. The largest absolute Gasteiger partial charge is 0.493 e. The van der Waals surface area contributed by atoms with Crippen molar-refractivity contribution in [3.05, 3.63) is 66.2 Å². The summed E-state index contributed by atoms with van der Waals surface area (Å²) in [7, 11) is 3.19. The topological polar surface area (TPSA) is 56.8 Å². The van der Waals surface area contributed by atoms with Crippen molar-refractivity contribution in [3.63, 3.8) is 0 Å². The number of carbonyl (C=O) groups is 1. The van der Waals surface area contributed by atoms with Crippen LogP contribution in [-0.4, -0.2) is 26.2 Å². The van der Waals surface area contributed by atoms with Gasteiger partial charge in [-0.15, -0.1) is 0 Å². The van der Waals surface area contributed by atoms with Crippen LogP contribution in [0.1, 0.15) is 31.9 Å². The smallest absolute Gasteiger partial charge is 0.261 e. The molecule has 29 heavy (non-hydrogen) atoms. The van der Waals surface area contributed by atoms with E-state index in [1.807, 2.05) is 74.5 Å². The van der Waals surface area contributed by atoms with Crippen LogP contribution in [0.25, 0.3) is 10.8 Å². The van der Waals surface area contributed by atoms with Crippen LogP contribution in [0.3, 0.4) is 0 Å². The highest BCUT2D eigenvalue weighted by Gasteiger charge is 2.21. The number of hydrogen-bond donors (Lipinski definition) is 1. The Morgan fingerprint density at radius 1 is 0.931 bits per heavy atom. The van der Waals surface area contributed by atoms with Crippen molar-refractivity contribution in [2.75, 3.05) is 14.2 Å². The van der Waals surface area contributed by atoms with Crippen LogP contribution in [0.5, 0.6) is 17.2 Å². The molecule has 3 aromatic carbocycles. The van der Waals surface area contributed by atoms with E-state index in [9.17, 15) is 4.79 Å². The average molecular weight is 393 g/mol. The fourth-order valence-corrected chi connectivity index (χ4v) is 3.24. The maximum absolute atomic E-state index is 12.8. The normalized spacial score (nSPS) is 12.8. The Labute approximate surface area is 171 Å². The monoisotopic (exact) mass is 393 g/mol. The molecule has 1 amide bonds. The summed E-state index contributed by atoms with van der Waals surface area (Å²) >= 11 is 0. The molecular weight excluding hydrogens is 366 g/mol. The zero-order valence-electron chi connectivity index (χ0n) is 17.3. The van der Waals surface area contributed by atoms with Crippen molar-refractivity contribution in [1.29, 1.82) is 0 Å². The second-order valence-electron chi connectivity index (χ2n) is 6.87. The van der Waals surface area contributed by atoms with Crippen LogP contribution in [0.4, 0.5) is 0 Å². The van der Waals surface area contributed by atoms with Crippen molar-refractivity contribution < 1.29 is 19.0 Å². The zero-order valence-corrected chi connectivity index (χ0v) is 17.3. The van der Waals surface area contributed by atoms with Gasteiger partial charge in [-0.05, 0) is 53.9 Å². The van der Waals surface area contributed by atoms with Gasteiger partial charge in [-0.3, -0.25) is 4.79 Å². The van der Waals surface area contributed by atoms with E-state index in [0.29, 0.717) is 23.7 Å². The summed E-state index contributed by atoms with van der Waals surface area (Å²) in [5, 5.41) is 5.25. The fourth-order valence-electron chi connectivity index (χ4n) is 3.24. The van der Waals surface area contributed by atoms with E-state index in [1.165, 1.54) is 0 Å². The van der Waals surface area contributed by atoms with Crippen LogP contribution in [0.15, 0.2) is 60.7 Å². The summed E-state index contributed by atoms with van der Waals surface area (Å²) in [6.45, 7) is 3.87. The van der Waals surface area contributed by atoms with Gasteiger partial charge in [-0.1, -0.05) is 43.3 Å². The Morgan fingerprint density at radius 2 is 1.66 bits per heavy atom. The number of benzene rings is 3. The van der Waals surface area contributed by atoms with Crippen molar-refractivity contribution in [1.82, 2.24) is 5.32 Å². The van der Waals surface area contributed by atoms with Gasteiger partial charge in [0.25, 0.3) is 5.91 Å². The Morgan fingerprint density at radius 3 is 2.34 bits per heavy atom. The van der Waals surface area contributed by atoms with Crippen LogP contribution in [0.2, 0.25) is 0 Å². The van der Waals surface area contributed by atoms with E-state index in [4.69, 9.17) is 14.2 Å². The molecule has 1 N–H and O–H groups in total. The van der Waals surface area contributed by atoms with Crippen molar-refractivity contribution in [2.24, 2.45) is 0 Å². The highest BCUT2D eigenvalue weighted by molar-refractivity contribution is 5.84. The molecular formula is C24H27NO4. The first-order valence-electron chi connectivity index (χ1n) is 9.73. The van der Waals surface area contributed by atoms with Crippen LogP contribution >= 0.6 is 0 Å². The molecule has 0 unspecified atom stereocenters. The first kappa shape index (κ1) is 20.5. The van der Waals surface area contributed by atoms with Gasteiger partial charge in [0.05, 0.1) is 20.3 Å². The van der Waals surface area contributed by atoms with E-state index >= 15 is 0 Å². The lowest BCUT2D eigenvalue weighted by Crippen LogP contribution is -2.39. The number of nitrogens with one attached hydrogen (secondary N) is 1. The standard InChI is InChI=1S/C24H27NO4/c1-5-21(29-20-12-10-17-8-6-7-9-19(17)14-20)24(26)25-16(2)18-11-13-22(27-3)23(15-18)28-4/h6-16,21H,5H2,1-4H3,(H,25,26)/t16-,21+/m0/s1. The van der Waals surface area contributed by atoms with Crippen molar-refractivity contribution in [2.45, 2.75) is 32.4 Å². The van der Waals surface area contributed by atoms with E-state index in [-0.39, 0.29) is 11.9 Å². The molecule has 152 valence electrons. The molecule has 0 fully saturated rings. The van der Waals surface area contributed by atoms with E-state index in [0.717, 1.165) is 16.3 Å². The van der Waals surface area contributed by atoms with Crippen LogP contribution in [0, 0.1) is 0 Å². The molecule has 0 aromatic heterocycles. The molecule has 0 saturated carbocycles. The molecule has 0 saturated heterocycles. The molecule has 2 atom stereocenters. The molecule has 5 heteroatoms. The second-order valence-corrected chi connectivity index (χ2v) is 6.87. The molecule has 0 aliphatic heterocycles. The molecule has 5 nitrogen and oxygen atoms in total. The highest BCUT2D eigenvalue weighted by atomic mass is 16.5. The van der Waals surface area contributed by atoms with Gasteiger partial charge in [0.15, 0.2) is 17.6 Å². The molecule has 0 aliphatic carbocycles. The fraction of sp³-hybridized carbons (Fsp3) is 0.292. The lowest BCUT2D eigenvalue weighted by atomic mass is 10.1. The quantitative estimate of drug-likeness (QED) is 0.592. The summed E-state index contributed by atoms with van der Waals surface area (Å²) in [6.07, 6.45) is -0.00382. The number of hydrogen-bond acceptors (Lipinski definition) is 4. The third-order valence-corrected chi connectivity index (χ3v) is 4.93. The minimum Gasteiger partial charge on any atom is -0.493 e. The first-order chi connectivity index (χ1) is 14.0. The number of fused-ring (bicyclic) bond motifs is 1. The van der Waals surface area contributed by atoms with Gasteiger partial charge < -0.3 is 19.5 Å². The van der Waals surface area contributed by atoms with E-state index < -0.39 is 6.10 Å². The van der Waals surface area contributed by atoms with Gasteiger partial charge in [0, 0.05) is 0 Å². The number of amides is 1. The SMILES string of the molecule is CC[C@@H](Oc1ccc2ccccc2c1)C(=O)N[C@@H](C)c1ccc(OC)c(OC)c1. The molecule has 0 heterocycles. The predicted octanol–water partition coefficient (Wildman–Crippen LogP) is 4.89. The Bertz CT molecular complexity index is 986. The maximum Gasteiger partial charge on any atom is 0.261 e. The average Bonchev–Trinajstić information content (AvgIpc) is 2.76. The number of methoxy groups -OCH3 is 2. The predicted molar refractivity (Wildman–Crippen MR) is 115 cm³/mol. The highest BCUT2D eigenvalue weighted by Crippen LogP contribution is 2.30. The molecule has 0 spiro atoms. The van der Waals surface area contributed by atoms with Crippen LogP contribution < -0.4 is 19.5 Å². The lowest BCUT2D eigenvalue weighted by Gasteiger charge is -2.21. The Kier molecular flexibility index (Phi) is 6.60. The summed E-state index contributed by atoms with van der Waals surface area (Å²) in [4.78, 5) is 12.8. The summed E-state index contributed by atoms with van der Waals surface area (Å²) in [5.41, 5.74) is 0.927. The Balaban J connectivity index is 1.70. The van der Waals surface area contributed by atoms with Gasteiger partial charge in [0.1, 0.15) is 5.75 Å². The van der Waals surface area contributed by atoms with Crippen molar-refractivity contribution in [3.8, 4) is 17.2 Å². The van der Waals surface area contributed by atoms with E-state index in [1.54, 1.807) is 14.2 Å². The molecule has 3 aromatic rings. The Hall–Kier alpha value is -3.21. The summed E-state index contributed by atoms with van der Waals surface area (Å²) < 4.78 is 16.6. The second kappa shape index (κ2) is 9.32. The van der Waals surface area contributed by atoms with Crippen molar-refractivity contribution >= 4 is 16.7 Å². The third-order valence-electron chi connectivity index (χ3n) is 4.93. The summed E-state index contributed by atoms with van der Waals surface area (Å²) in [6, 6.07) is 19.3. The minimum absolute atomic E-state index is 0.150. The lowest BCUT2D eigenvalue weighted by molar-refractivity contribution is -0.128. The van der Waals surface area contributed by atoms with E-state index in [2.05, 4.69) is 5.32 Å². The number of carbonyl (C=O) groups excluding carboxylic acids is 1. The minimum atomic E-state index is -0.571. The molecule has 0 radical (unpaired) electrons. The van der Waals surface area contributed by atoms with Gasteiger partial charge in [-0.25, -0.2) is 0 Å². The molecule has 0 bridgehead atoms. The van der Waals surface area contributed by atoms with Gasteiger partial charge in [-0.2, -0.15) is 0 Å².